The van der Waals surface area contributed by atoms with Gasteiger partial charge in [-0.2, -0.15) is 4.52 Å². The molecule has 0 atom stereocenters. The first-order chi connectivity index (χ1) is 13.1. The van der Waals surface area contributed by atoms with Gasteiger partial charge >= 0.3 is 0 Å². The van der Waals surface area contributed by atoms with Crippen molar-refractivity contribution in [1.82, 2.24) is 19.8 Å². The number of phenols is 2. The van der Waals surface area contributed by atoms with Crippen molar-refractivity contribution in [2.75, 3.05) is 11.9 Å². The average Bonchev–Trinajstić information content (AvgIpc) is 3.08. The van der Waals surface area contributed by atoms with E-state index in [0.29, 0.717) is 35.8 Å². The van der Waals surface area contributed by atoms with Gasteiger partial charge in [-0.15, -0.1) is 15.3 Å². The van der Waals surface area contributed by atoms with Crippen LogP contribution < -0.4 is 5.32 Å². The van der Waals surface area contributed by atoms with Crippen molar-refractivity contribution in [2.24, 2.45) is 0 Å². The van der Waals surface area contributed by atoms with Crippen molar-refractivity contribution in [3.8, 4) is 22.9 Å². The maximum absolute atomic E-state index is 14.1. The predicted molar refractivity (Wildman–Crippen MR) is 98.1 cm³/mol. The van der Waals surface area contributed by atoms with Crippen molar-refractivity contribution < 1.29 is 14.6 Å². The van der Waals surface area contributed by atoms with E-state index in [1.165, 1.54) is 22.7 Å². The van der Waals surface area contributed by atoms with Gasteiger partial charge in [-0.25, -0.2) is 4.39 Å². The molecule has 2 heterocycles. The number of phenolic OH excluding ortho intramolecular Hbond substituents is 2. The van der Waals surface area contributed by atoms with Crippen molar-refractivity contribution in [1.29, 1.82) is 0 Å². The lowest BCUT2D eigenvalue weighted by molar-refractivity contribution is 0.403. The third-order valence-electron chi connectivity index (χ3n) is 4.14. The molecule has 0 bridgehead atoms. The topological polar surface area (TPSA) is 95.6 Å². The standard InChI is InChI=1S/C19H16FN5O2/c20-14-4-2-1-3-13(14)19-23-22-18-8-7-17(24-25(18)19)21-10-9-12-5-6-15(26)16(27)11-12/h1-8,11,26-27H,9-10H2,(H,21,24). The molecule has 0 fully saturated rings. The molecule has 0 saturated heterocycles. The monoisotopic (exact) mass is 365 g/mol. The molecule has 4 rings (SSSR count). The summed E-state index contributed by atoms with van der Waals surface area (Å²) in [5.74, 6) is 0.232. The second-order valence-corrected chi connectivity index (χ2v) is 5.99. The van der Waals surface area contributed by atoms with E-state index in [4.69, 9.17) is 0 Å². The van der Waals surface area contributed by atoms with E-state index in [1.54, 1.807) is 36.4 Å². The number of aromatic hydroxyl groups is 2. The second kappa shape index (κ2) is 6.91. The van der Waals surface area contributed by atoms with E-state index in [2.05, 4.69) is 20.6 Å². The first-order valence-electron chi connectivity index (χ1n) is 8.34. The predicted octanol–water partition coefficient (Wildman–Crippen LogP) is 3.00. The van der Waals surface area contributed by atoms with Gasteiger partial charge in [-0.1, -0.05) is 18.2 Å². The van der Waals surface area contributed by atoms with Gasteiger partial charge in [0.2, 0.25) is 0 Å². The van der Waals surface area contributed by atoms with Crippen LogP contribution in [0.15, 0.2) is 54.6 Å². The van der Waals surface area contributed by atoms with Crippen molar-refractivity contribution >= 4 is 11.5 Å². The molecule has 0 aliphatic rings. The number of hydrogen-bond donors (Lipinski definition) is 3. The van der Waals surface area contributed by atoms with E-state index in [9.17, 15) is 14.6 Å². The Morgan fingerprint density at radius 3 is 2.63 bits per heavy atom. The molecule has 136 valence electrons. The molecule has 0 aliphatic carbocycles. The molecular weight excluding hydrogens is 349 g/mol. The molecule has 3 N–H and O–H groups in total. The summed E-state index contributed by atoms with van der Waals surface area (Å²) in [7, 11) is 0. The quantitative estimate of drug-likeness (QED) is 0.471. The number of aromatic nitrogens is 4. The zero-order chi connectivity index (χ0) is 18.8. The summed E-state index contributed by atoms with van der Waals surface area (Å²) in [6.07, 6.45) is 0.621. The van der Waals surface area contributed by atoms with E-state index >= 15 is 0 Å². The SMILES string of the molecule is Oc1ccc(CCNc2ccc3nnc(-c4ccccc4F)n3n2)cc1O. The number of nitrogens with zero attached hydrogens (tertiary/aromatic N) is 4. The van der Waals surface area contributed by atoms with Gasteiger partial charge in [0.15, 0.2) is 23.0 Å². The zero-order valence-electron chi connectivity index (χ0n) is 14.2. The Morgan fingerprint density at radius 2 is 1.81 bits per heavy atom. The Balaban J connectivity index is 1.54. The molecule has 4 aromatic rings. The van der Waals surface area contributed by atoms with Gasteiger partial charge in [0.25, 0.3) is 0 Å². The Morgan fingerprint density at radius 1 is 0.963 bits per heavy atom. The van der Waals surface area contributed by atoms with Gasteiger partial charge in [0.1, 0.15) is 11.6 Å². The maximum atomic E-state index is 14.1. The third-order valence-corrected chi connectivity index (χ3v) is 4.14. The van der Waals surface area contributed by atoms with Crippen LogP contribution in [0.2, 0.25) is 0 Å². The first kappa shape index (κ1) is 16.8. The molecular formula is C19H16FN5O2. The van der Waals surface area contributed by atoms with Gasteiger partial charge in [-0.3, -0.25) is 0 Å². The highest BCUT2D eigenvalue weighted by molar-refractivity contribution is 5.60. The van der Waals surface area contributed by atoms with Gasteiger partial charge in [-0.05, 0) is 48.4 Å². The highest BCUT2D eigenvalue weighted by atomic mass is 19.1. The minimum atomic E-state index is -0.390. The Kier molecular flexibility index (Phi) is 4.29. The van der Waals surface area contributed by atoms with Crippen LogP contribution in [0, 0.1) is 5.82 Å². The number of hydrogen-bond acceptors (Lipinski definition) is 6. The molecule has 2 aromatic heterocycles. The number of fused-ring (bicyclic) bond motifs is 1. The van der Waals surface area contributed by atoms with Crippen LogP contribution in [-0.4, -0.2) is 36.6 Å². The molecule has 0 amide bonds. The maximum Gasteiger partial charge on any atom is 0.188 e. The fourth-order valence-corrected chi connectivity index (χ4v) is 2.75. The van der Waals surface area contributed by atoms with Crippen molar-refractivity contribution in [3.63, 3.8) is 0 Å². The average molecular weight is 365 g/mol. The fourth-order valence-electron chi connectivity index (χ4n) is 2.75. The number of nitrogens with one attached hydrogen (secondary N) is 1. The minimum absolute atomic E-state index is 0.146. The van der Waals surface area contributed by atoms with Crippen LogP contribution in [0.3, 0.4) is 0 Å². The molecule has 27 heavy (non-hydrogen) atoms. The van der Waals surface area contributed by atoms with Crippen LogP contribution in [0.25, 0.3) is 17.0 Å². The highest BCUT2D eigenvalue weighted by Gasteiger charge is 2.13. The number of anilines is 1. The van der Waals surface area contributed by atoms with Crippen molar-refractivity contribution in [3.05, 3.63) is 66.0 Å². The van der Waals surface area contributed by atoms with Crippen LogP contribution in [0.5, 0.6) is 11.5 Å². The highest BCUT2D eigenvalue weighted by Crippen LogP contribution is 2.25. The molecule has 0 spiro atoms. The lowest BCUT2D eigenvalue weighted by Crippen LogP contribution is -2.08. The minimum Gasteiger partial charge on any atom is -0.504 e. The Bertz CT molecular complexity index is 1110. The smallest absolute Gasteiger partial charge is 0.188 e. The number of halogens is 1. The van der Waals surface area contributed by atoms with Gasteiger partial charge in [0.05, 0.1) is 5.56 Å². The van der Waals surface area contributed by atoms with E-state index in [1.807, 2.05) is 0 Å². The summed E-state index contributed by atoms with van der Waals surface area (Å²) in [5.41, 5.74) is 1.71. The van der Waals surface area contributed by atoms with E-state index < -0.39 is 0 Å². The molecule has 0 saturated carbocycles. The van der Waals surface area contributed by atoms with Crippen LogP contribution >= 0.6 is 0 Å². The summed E-state index contributed by atoms with van der Waals surface area (Å²) in [5, 5.41) is 34.6. The van der Waals surface area contributed by atoms with Crippen LogP contribution in [0.1, 0.15) is 5.56 Å². The first-order valence-corrected chi connectivity index (χ1v) is 8.34. The van der Waals surface area contributed by atoms with E-state index in [0.717, 1.165) is 5.56 Å². The Hall–Kier alpha value is -3.68. The number of benzene rings is 2. The molecule has 0 aliphatic heterocycles. The lowest BCUT2D eigenvalue weighted by Gasteiger charge is -2.07. The van der Waals surface area contributed by atoms with E-state index in [-0.39, 0.29) is 17.3 Å². The Labute approximate surface area is 153 Å². The molecule has 0 radical (unpaired) electrons. The third kappa shape index (κ3) is 3.37. The van der Waals surface area contributed by atoms with Crippen LogP contribution in [-0.2, 0) is 6.42 Å². The summed E-state index contributed by atoms with van der Waals surface area (Å²) >= 11 is 0. The summed E-state index contributed by atoms with van der Waals surface area (Å²) in [6, 6.07) is 14.6. The largest absolute Gasteiger partial charge is 0.504 e. The molecule has 7 nitrogen and oxygen atoms in total. The summed E-state index contributed by atoms with van der Waals surface area (Å²) < 4.78 is 15.6. The van der Waals surface area contributed by atoms with Crippen LogP contribution in [0.4, 0.5) is 10.2 Å². The molecule has 8 heteroatoms. The second-order valence-electron chi connectivity index (χ2n) is 5.99. The van der Waals surface area contributed by atoms with Crippen molar-refractivity contribution in [2.45, 2.75) is 6.42 Å². The molecule has 0 unspecified atom stereocenters. The normalized spacial score (nSPS) is 11.0. The summed E-state index contributed by atoms with van der Waals surface area (Å²) in [6.45, 7) is 0.555. The lowest BCUT2D eigenvalue weighted by atomic mass is 10.1. The fraction of sp³-hybridized carbons (Fsp3) is 0.105. The zero-order valence-corrected chi connectivity index (χ0v) is 14.2. The molecule has 2 aromatic carbocycles. The van der Waals surface area contributed by atoms with Gasteiger partial charge < -0.3 is 15.5 Å². The number of rotatable bonds is 5. The summed E-state index contributed by atoms with van der Waals surface area (Å²) in [4.78, 5) is 0. The van der Waals surface area contributed by atoms with Gasteiger partial charge in [0, 0.05) is 6.54 Å².